The van der Waals surface area contributed by atoms with Crippen molar-refractivity contribution in [3.8, 4) is 0 Å². The van der Waals surface area contributed by atoms with E-state index in [-0.39, 0.29) is 22.3 Å². The molecule has 4 rings (SSSR count). The lowest BCUT2D eigenvalue weighted by atomic mass is 10.1. The van der Waals surface area contributed by atoms with Crippen LogP contribution in [0.25, 0.3) is 21.8 Å². The van der Waals surface area contributed by atoms with E-state index in [4.69, 9.17) is 0 Å². The number of fused-ring (bicyclic) bond motifs is 2. The van der Waals surface area contributed by atoms with Crippen LogP contribution in [0.15, 0.2) is 60.9 Å². The Morgan fingerprint density at radius 1 is 0.727 bits per heavy atom. The third-order valence-electron chi connectivity index (χ3n) is 5.92. The number of aromatic nitrogens is 2. The molecule has 172 valence electrons. The molecular weight excluding hydrogens is 432 g/mol. The number of H-pyrrole nitrogens is 2. The van der Waals surface area contributed by atoms with Gasteiger partial charge in [-0.3, -0.25) is 9.59 Å². The molecule has 0 aliphatic rings. The summed E-state index contributed by atoms with van der Waals surface area (Å²) in [5, 5.41) is 1.47. The van der Waals surface area contributed by atoms with E-state index >= 15 is 0 Å². The third kappa shape index (κ3) is 4.93. The highest BCUT2D eigenvalue weighted by atomic mass is 32.2. The van der Waals surface area contributed by atoms with E-state index in [1.807, 2.05) is 48.8 Å². The van der Waals surface area contributed by atoms with E-state index in [9.17, 15) is 9.59 Å². The van der Waals surface area contributed by atoms with Crippen molar-refractivity contribution < 1.29 is 9.59 Å². The fourth-order valence-corrected chi connectivity index (χ4v) is 5.76. The number of hydrogen-bond donors (Lipinski definition) is 2. The molecule has 2 heterocycles. The number of rotatable bonds is 8. The summed E-state index contributed by atoms with van der Waals surface area (Å²) in [5.41, 5.74) is 4.27. The van der Waals surface area contributed by atoms with Gasteiger partial charge in [0.2, 0.25) is 11.8 Å². The third-order valence-corrected chi connectivity index (χ3v) is 7.32. The molecule has 0 saturated carbocycles. The average molecular weight is 463 g/mol. The quantitative estimate of drug-likeness (QED) is 0.414. The van der Waals surface area contributed by atoms with E-state index in [0.717, 1.165) is 32.9 Å². The number of aromatic amines is 2. The molecule has 2 amide bonds. The summed E-state index contributed by atoms with van der Waals surface area (Å²) in [4.78, 5) is 36.3. The summed E-state index contributed by atoms with van der Waals surface area (Å²) in [5.74, 6) is 0.0292. The van der Waals surface area contributed by atoms with Crippen molar-refractivity contribution in [2.24, 2.45) is 0 Å². The average Bonchev–Trinajstić information content (AvgIpc) is 3.41. The van der Waals surface area contributed by atoms with Gasteiger partial charge in [-0.2, -0.15) is 0 Å². The highest BCUT2D eigenvalue weighted by Gasteiger charge is 2.31. The Morgan fingerprint density at radius 2 is 1.12 bits per heavy atom. The molecule has 7 heteroatoms. The van der Waals surface area contributed by atoms with Crippen LogP contribution in [-0.2, 0) is 22.4 Å². The summed E-state index contributed by atoms with van der Waals surface area (Å²) in [6.45, 7) is 0. The molecule has 0 aliphatic carbocycles. The molecule has 2 N–H and O–H groups in total. The Kier molecular flexibility index (Phi) is 6.79. The summed E-state index contributed by atoms with van der Waals surface area (Å²) in [6, 6.07) is 16.2. The summed E-state index contributed by atoms with van der Waals surface area (Å²) < 4.78 is 0. The number of nitrogens with one attached hydrogen (secondary N) is 2. The molecule has 33 heavy (non-hydrogen) atoms. The van der Waals surface area contributed by atoms with Crippen LogP contribution in [0.4, 0.5) is 0 Å². The predicted molar refractivity (Wildman–Crippen MR) is 137 cm³/mol. The summed E-state index contributed by atoms with van der Waals surface area (Å²) in [6.07, 6.45) is 5.06. The van der Waals surface area contributed by atoms with Gasteiger partial charge in [0.05, 0.1) is 10.5 Å². The van der Waals surface area contributed by atoms with Gasteiger partial charge in [0, 0.05) is 62.4 Å². The molecule has 2 atom stereocenters. The molecule has 0 bridgehead atoms. The Bertz CT molecular complexity index is 1180. The first kappa shape index (κ1) is 23.0. The lowest BCUT2D eigenvalue weighted by molar-refractivity contribution is -0.128. The van der Waals surface area contributed by atoms with Crippen molar-refractivity contribution in [1.82, 2.24) is 19.8 Å². The highest BCUT2D eigenvalue weighted by molar-refractivity contribution is 8.01. The Morgan fingerprint density at radius 3 is 1.52 bits per heavy atom. The van der Waals surface area contributed by atoms with Crippen molar-refractivity contribution >= 4 is 45.4 Å². The molecule has 0 fully saturated rings. The van der Waals surface area contributed by atoms with Crippen molar-refractivity contribution in [2.75, 3.05) is 28.2 Å². The SMILES string of the molecule is CN(C)C(=O)C(Cc1c[nH]c2ccccc12)SC(Cc1c[nH]c2ccccc12)C(=O)N(C)C. The van der Waals surface area contributed by atoms with Crippen LogP contribution < -0.4 is 0 Å². The molecule has 0 aliphatic heterocycles. The molecule has 0 saturated heterocycles. The maximum Gasteiger partial charge on any atom is 0.235 e. The zero-order valence-corrected chi connectivity index (χ0v) is 20.3. The molecule has 4 aromatic rings. The van der Waals surface area contributed by atoms with E-state index in [0.29, 0.717) is 12.8 Å². The number of benzene rings is 2. The first-order valence-corrected chi connectivity index (χ1v) is 12.0. The minimum atomic E-state index is -0.377. The van der Waals surface area contributed by atoms with E-state index in [2.05, 4.69) is 22.1 Å². The van der Waals surface area contributed by atoms with Crippen LogP contribution in [0.1, 0.15) is 11.1 Å². The van der Waals surface area contributed by atoms with E-state index in [1.165, 1.54) is 11.8 Å². The number of nitrogens with zero attached hydrogens (tertiary/aromatic N) is 2. The van der Waals surface area contributed by atoms with Gasteiger partial charge in [0.1, 0.15) is 0 Å². The Balaban J connectivity index is 1.65. The standard InChI is InChI=1S/C26H30N4O2S/c1-29(2)25(31)23(13-17-15-27-21-11-7-5-9-19(17)21)33-24(26(32)30(3)4)14-18-16-28-22-12-8-6-10-20(18)22/h5-12,15-16,23-24,27-28H,13-14H2,1-4H3. The van der Waals surface area contributed by atoms with Crippen LogP contribution in [-0.4, -0.2) is 70.3 Å². The summed E-state index contributed by atoms with van der Waals surface area (Å²) in [7, 11) is 7.09. The lowest BCUT2D eigenvalue weighted by Gasteiger charge is -2.26. The van der Waals surface area contributed by atoms with Gasteiger partial charge in [-0.25, -0.2) is 0 Å². The number of hydrogen-bond acceptors (Lipinski definition) is 3. The topological polar surface area (TPSA) is 72.2 Å². The first-order chi connectivity index (χ1) is 15.8. The fourth-order valence-electron chi connectivity index (χ4n) is 4.16. The maximum atomic E-state index is 13.2. The van der Waals surface area contributed by atoms with Crippen LogP contribution in [0.2, 0.25) is 0 Å². The minimum absolute atomic E-state index is 0.0146. The van der Waals surface area contributed by atoms with Crippen LogP contribution in [0, 0.1) is 0 Å². The van der Waals surface area contributed by atoms with Crippen molar-refractivity contribution in [2.45, 2.75) is 23.3 Å². The van der Waals surface area contributed by atoms with Gasteiger partial charge in [0.25, 0.3) is 0 Å². The molecule has 2 aromatic heterocycles. The first-order valence-electron chi connectivity index (χ1n) is 11.0. The highest BCUT2D eigenvalue weighted by Crippen LogP contribution is 2.31. The summed E-state index contributed by atoms with van der Waals surface area (Å²) >= 11 is 1.47. The number of amides is 2. The number of carbonyl (C=O) groups excluding carboxylic acids is 2. The number of thioether (sulfide) groups is 1. The molecule has 2 unspecified atom stereocenters. The zero-order valence-electron chi connectivity index (χ0n) is 19.5. The van der Waals surface area contributed by atoms with Gasteiger partial charge in [-0.05, 0) is 36.1 Å². The lowest BCUT2D eigenvalue weighted by Crippen LogP contribution is -2.39. The second-order valence-corrected chi connectivity index (χ2v) is 10.1. The molecule has 0 radical (unpaired) electrons. The van der Waals surface area contributed by atoms with Gasteiger partial charge in [-0.15, -0.1) is 11.8 Å². The van der Waals surface area contributed by atoms with Gasteiger partial charge >= 0.3 is 0 Å². The van der Waals surface area contributed by atoms with E-state index in [1.54, 1.807) is 38.0 Å². The maximum absolute atomic E-state index is 13.2. The normalized spacial score (nSPS) is 13.2. The molecule has 6 nitrogen and oxygen atoms in total. The second-order valence-electron chi connectivity index (χ2n) is 8.71. The zero-order chi connectivity index (χ0) is 23.5. The smallest absolute Gasteiger partial charge is 0.235 e. The van der Waals surface area contributed by atoms with Crippen molar-refractivity contribution in [3.05, 3.63) is 72.1 Å². The Labute approximate surface area is 198 Å². The van der Waals surface area contributed by atoms with Gasteiger partial charge in [0.15, 0.2) is 0 Å². The molecular formula is C26H30N4O2S. The number of para-hydroxylation sites is 2. The van der Waals surface area contributed by atoms with Gasteiger partial charge < -0.3 is 19.8 Å². The van der Waals surface area contributed by atoms with E-state index < -0.39 is 0 Å². The Hall–Kier alpha value is -3.19. The van der Waals surface area contributed by atoms with Crippen LogP contribution in [0.5, 0.6) is 0 Å². The van der Waals surface area contributed by atoms with Crippen LogP contribution >= 0.6 is 11.8 Å². The van der Waals surface area contributed by atoms with Crippen LogP contribution in [0.3, 0.4) is 0 Å². The largest absolute Gasteiger partial charge is 0.361 e. The number of carbonyl (C=O) groups is 2. The second kappa shape index (κ2) is 9.75. The van der Waals surface area contributed by atoms with Gasteiger partial charge in [-0.1, -0.05) is 36.4 Å². The molecule has 0 spiro atoms. The predicted octanol–water partition coefficient (Wildman–Crippen LogP) is 4.08. The van der Waals surface area contributed by atoms with Crippen molar-refractivity contribution in [3.63, 3.8) is 0 Å². The monoisotopic (exact) mass is 462 g/mol. The molecule has 2 aromatic carbocycles. The van der Waals surface area contributed by atoms with Crippen molar-refractivity contribution in [1.29, 1.82) is 0 Å². The minimum Gasteiger partial charge on any atom is -0.361 e. The fraction of sp³-hybridized carbons (Fsp3) is 0.308.